The molecule has 25 heavy (non-hydrogen) atoms. The summed E-state index contributed by atoms with van der Waals surface area (Å²) in [6, 6.07) is 3.78. The van der Waals surface area contributed by atoms with Crippen molar-refractivity contribution in [3.63, 3.8) is 0 Å². The molecule has 2 atom stereocenters. The van der Waals surface area contributed by atoms with Crippen LogP contribution in [0.1, 0.15) is 46.1 Å². The van der Waals surface area contributed by atoms with Gasteiger partial charge in [-0.1, -0.05) is 13.0 Å². The number of hydrogen-bond acceptors (Lipinski definition) is 4. The molecular weight excluding hydrogens is 318 g/mol. The van der Waals surface area contributed by atoms with Crippen LogP contribution in [0, 0.1) is 11.8 Å². The van der Waals surface area contributed by atoms with Gasteiger partial charge >= 0.3 is 6.09 Å². The molecule has 138 valence electrons. The highest BCUT2D eigenvalue weighted by atomic mass is 16.6. The Morgan fingerprint density at radius 1 is 1.40 bits per heavy atom. The van der Waals surface area contributed by atoms with Crippen LogP contribution >= 0.6 is 0 Å². The van der Waals surface area contributed by atoms with Gasteiger partial charge in [-0.2, -0.15) is 0 Å². The van der Waals surface area contributed by atoms with Crippen molar-refractivity contribution < 1.29 is 14.3 Å². The van der Waals surface area contributed by atoms with Crippen molar-refractivity contribution in [2.45, 2.75) is 52.7 Å². The molecule has 1 heterocycles. The zero-order chi connectivity index (χ0) is 18.4. The highest BCUT2D eigenvalue weighted by Gasteiger charge is 2.38. The first-order chi connectivity index (χ1) is 11.8. The third-order valence-electron chi connectivity index (χ3n) is 4.10. The van der Waals surface area contributed by atoms with Crippen molar-refractivity contribution in [3.8, 4) is 0 Å². The molecule has 0 radical (unpaired) electrons. The van der Waals surface area contributed by atoms with Crippen molar-refractivity contribution in [1.29, 1.82) is 0 Å². The van der Waals surface area contributed by atoms with Gasteiger partial charge in [-0.15, -0.1) is 0 Å². The standard InChI is InChI=1S/C19H29N3O3/c1-14-11-16(14)17(23)21-9-6-10-22(18(24)25-19(2,3)4)13-15-7-5-8-20-12-15/h5,7-8,12,14,16H,6,9-11,13H2,1-4H3,(H,21,23)/t14-,16+/m0/s1. The van der Waals surface area contributed by atoms with E-state index in [-0.39, 0.29) is 17.9 Å². The summed E-state index contributed by atoms with van der Waals surface area (Å²) in [5.41, 5.74) is 0.407. The molecule has 1 N–H and O–H groups in total. The number of pyridine rings is 1. The second-order valence-corrected chi connectivity index (χ2v) is 7.73. The predicted octanol–water partition coefficient (Wildman–Crippen LogP) is 2.98. The van der Waals surface area contributed by atoms with E-state index in [0.29, 0.717) is 32.0 Å². The van der Waals surface area contributed by atoms with Gasteiger partial charge in [-0.3, -0.25) is 9.78 Å². The lowest BCUT2D eigenvalue weighted by atomic mass is 10.2. The number of amides is 2. The largest absolute Gasteiger partial charge is 0.444 e. The molecule has 1 fully saturated rings. The molecule has 1 aliphatic carbocycles. The molecule has 0 unspecified atom stereocenters. The summed E-state index contributed by atoms with van der Waals surface area (Å²) < 4.78 is 5.49. The second kappa shape index (κ2) is 8.32. The monoisotopic (exact) mass is 347 g/mol. The molecule has 2 rings (SSSR count). The fourth-order valence-corrected chi connectivity index (χ4v) is 2.57. The van der Waals surface area contributed by atoms with E-state index in [9.17, 15) is 9.59 Å². The smallest absolute Gasteiger partial charge is 0.410 e. The minimum atomic E-state index is -0.541. The highest BCUT2D eigenvalue weighted by molar-refractivity contribution is 5.81. The Bertz CT molecular complexity index is 583. The van der Waals surface area contributed by atoms with Gasteiger partial charge in [0.15, 0.2) is 0 Å². The van der Waals surface area contributed by atoms with Gasteiger partial charge in [-0.05, 0) is 51.2 Å². The van der Waals surface area contributed by atoms with Crippen molar-refractivity contribution in [3.05, 3.63) is 30.1 Å². The topological polar surface area (TPSA) is 71.5 Å². The third kappa shape index (κ3) is 6.72. The minimum Gasteiger partial charge on any atom is -0.444 e. The van der Waals surface area contributed by atoms with Crippen LogP contribution in [0.4, 0.5) is 4.79 Å². The summed E-state index contributed by atoms with van der Waals surface area (Å²) in [5.74, 6) is 0.810. The van der Waals surface area contributed by atoms with Gasteiger partial charge in [0.05, 0.1) is 6.54 Å². The third-order valence-corrected chi connectivity index (χ3v) is 4.10. The fourth-order valence-electron chi connectivity index (χ4n) is 2.57. The van der Waals surface area contributed by atoms with Crippen LogP contribution in [0.2, 0.25) is 0 Å². The molecular formula is C19H29N3O3. The van der Waals surface area contributed by atoms with Crippen molar-refractivity contribution in [2.75, 3.05) is 13.1 Å². The van der Waals surface area contributed by atoms with E-state index in [1.165, 1.54) is 0 Å². The maximum Gasteiger partial charge on any atom is 0.410 e. The van der Waals surface area contributed by atoms with E-state index < -0.39 is 5.60 Å². The van der Waals surface area contributed by atoms with Crippen LogP contribution in [-0.4, -0.2) is 40.6 Å². The molecule has 0 spiro atoms. The van der Waals surface area contributed by atoms with E-state index in [1.807, 2.05) is 32.9 Å². The first-order valence-electron chi connectivity index (χ1n) is 8.91. The molecule has 0 bridgehead atoms. The number of carbonyl (C=O) groups is 2. The normalized spacial score (nSPS) is 19.2. The van der Waals surface area contributed by atoms with E-state index in [2.05, 4.69) is 17.2 Å². The van der Waals surface area contributed by atoms with Crippen LogP contribution in [-0.2, 0) is 16.1 Å². The van der Waals surface area contributed by atoms with Crippen LogP contribution in [0.15, 0.2) is 24.5 Å². The number of hydrogen-bond donors (Lipinski definition) is 1. The molecule has 0 aromatic carbocycles. The molecule has 1 saturated carbocycles. The second-order valence-electron chi connectivity index (χ2n) is 7.73. The van der Waals surface area contributed by atoms with Crippen molar-refractivity contribution in [2.24, 2.45) is 11.8 Å². The van der Waals surface area contributed by atoms with Crippen LogP contribution in [0.5, 0.6) is 0 Å². The van der Waals surface area contributed by atoms with Gasteiger partial charge in [0, 0.05) is 31.4 Å². The van der Waals surface area contributed by atoms with Crippen LogP contribution < -0.4 is 5.32 Å². The van der Waals surface area contributed by atoms with Gasteiger partial charge in [0.1, 0.15) is 5.60 Å². The number of carbonyl (C=O) groups excluding carboxylic acids is 2. The number of nitrogens with zero attached hydrogens (tertiary/aromatic N) is 2. The summed E-state index contributed by atoms with van der Waals surface area (Å²) in [6.07, 6.45) is 4.77. The fraction of sp³-hybridized carbons (Fsp3) is 0.632. The molecule has 2 amide bonds. The Balaban J connectivity index is 1.85. The van der Waals surface area contributed by atoms with E-state index in [1.54, 1.807) is 17.3 Å². The average Bonchev–Trinajstić information content (AvgIpc) is 3.26. The van der Waals surface area contributed by atoms with Crippen molar-refractivity contribution in [1.82, 2.24) is 15.2 Å². The van der Waals surface area contributed by atoms with Gasteiger partial charge < -0.3 is 15.0 Å². The highest BCUT2D eigenvalue weighted by Crippen LogP contribution is 2.37. The molecule has 0 saturated heterocycles. The van der Waals surface area contributed by atoms with E-state index in [4.69, 9.17) is 4.74 Å². The Hall–Kier alpha value is -2.11. The number of nitrogens with one attached hydrogen (secondary N) is 1. The molecule has 1 aromatic rings. The maximum atomic E-state index is 12.4. The first kappa shape index (κ1) is 19.2. The maximum absolute atomic E-state index is 12.4. The quantitative estimate of drug-likeness (QED) is 0.770. The summed E-state index contributed by atoms with van der Waals surface area (Å²) in [4.78, 5) is 30.0. The molecule has 1 aliphatic rings. The Labute approximate surface area is 150 Å². The predicted molar refractivity (Wildman–Crippen MR) is 95.8 cm³/mol. The lowest BCUT2D eigenvalue weighted by Gasteiger charge is -2.27. The summed E-state index contributed by atoms with van der Waals surface area (Å²) in [7, 11) is 0. The van der Waals surface area contributed by atoms with Gasteiger partial charge in [0.25, 0.3) is 0 Å². The van der Waals surface area contributed by atoms with Crippen LogP contribution in [0.25, 0.3) is 0 Å². The number of ether oxygens (including phenoxy) is 1. The Morgan fingerprint density at radius 2 is 2.12 bits per heavy atom. The number of rotatable bonds is 7. The molecule has 6 heteroatoms. The zero-order valence-corrected chi connectivity index (χ0v) is 15.6. The Morgan fingerprint density at radius 3 is 2.68 bits per heavy atom. The average molecular weight is 347 g/mol. The lowest BCUT2D eigenvalue weighted by molar-refractivity contribution is -0.122. The molecule has 6 nitrogen and oxygen atoms in total. The molecule has 0 aliphatic heterocycles. The van der Waals surface area contributed by atoms with Gasteiger partial charge in [-0.25, -0.2) is 4.79 Å². The zero-order valence-electron chi connectivity index (χ0n) is 15.6. The summed E-state index contributed by atoms with van der Waals surface area (Å²) in [6.45, 7) is 9.16. The van der Waals surface area contributed by atoms with E-state index >= 15 is 0 Å². The van der Waals surface area contributed by atoms with Crippen LogP contribution in [0.3, 0.4) is 0 Å². The van der Waals surface area contributed by atoms with Gasteiger partial charge in [0.2, 0.25) is 5.91 Å². The first-order valence-corrected chi connectivity index (χ1v) is 8.91. The summed E-state index contributed by atoms with van der Waals surface area (Å²) >= 11 is 0. The van der Waals surface area contributed by atoms with Crippen molar-refractivity contribution >= 4 is 12.0 Å². The summed E-state index contributed by atoms with van der Waals surface area (Å²) in [5, 5.41) is 2.95. The molecule has 1 aromatic heterocycles. The lowest BCUT2D eigenvalue weighted by Crippen LogP contribution is -2.38. The minimum absolute atomic E-state index is 0.128. The number of aromatic nitrogens is 1. The SMILES string of the molecule is C[C@H]1C[C@H]1C(=O)NCCCN(Cc1cccnc1)C(=O)OC(C)(C)C. The van der Waals surface area contributed by atoms with E-state index in [0.717, 1.165) is 12.0 Å². The Kier molecular flexibility index (Phi) is 6.39.